The Morgan fingerprint density at radius 1 is 1.10 bits per heavy atom. The molecule has 4 aromatic rings. The fraction of sp³-hybridized carbons (Fsp3) is 0.200. The van der Waals surface area contributed by atoms with E-state index in [0.717, 1.165) is 16.5 Å². The van der Waals surface area contributed by atoms with E-state index < -0.39 is 23.1 Å². The summed E-state index contributed by atoms with van der Waals surface area (Å²) in [5.74, 6) is -0.939. The van der Waals surface area contributed by atoms with Crippen LogP contribution in [0.25, 0.3) is 15.9 Å². The predicted octanol–water partition coefficient (Wildman–Crippen LogP) is 4.91. The first kappa shape index (κ1) is 20.7. The van der Waals surface area contributed by atoms with Crippen molar-refractivity contribution in [1.82, 2.24) is 14.8 Å². The summed E-state index contributed by atoms with van der Waals surface area (Å²) in [6.07, 6.45) is -4.96. The third kappa shape index (κ3) is 3.55. The number of halogens is 3. The summed E-state index contributed by atoms with van der Waals surface area (Å²) in [5.41, 5.74) is 3.67. The van der Waals surface area contributed by atoms with Crippen molar-refractivity contribution in [3.8, 4) is 5.69 Å². The maximum absolute atomic E-state index is 14.1. The number of fused-ring (bicyclic) bond motifs is 1. The highest BCUT2D eigenvalue weighted by Gasteiger charge is 2.57. The molecule has 0 aliphatic rings. The van der Waals surface area contributed by atoms with Gasteiger partial charge in [0.15, 0.2) is 4.34 Å². The lowest BCUT2D eigenvalue weighted by Crippen LogP contribution is -2.45. The largest absolute Gasteiger partial charge is 0.422 e. The van der Waals surface area contributed by atoms with E-state index >= 15 is 0 Å². The molecule has 1 atom stereocenters. The van der Waals surface area contributed by atoms with E-state index in [0.29, 0.717) is 15.5 Å². The second-order valence-corrected chi connectivity index (χ2v) is 8.94. The molecule has 0 aliphatic carbocycles. The Hall–Kier alpha value is -2.56. The molecule has 0 fully saturated rings. The minimum absolute atomic E-state index is 0.0149. The van der Waals surface area contributed by atoms with Gasteiger partial charge in [-0.3, -0.25) is 0 Å². The molecule has 5 nitrogen and oxygen atoms in total. The van der Waals surface area contributed by atoms with E-state index in [1.54, 1.807) is 36.4 Å². The van der Waals surface area contributed by atoms with Crippen molar-refractivity contribution in [3.05, 3.63) is 65.9 Å². The van der Waals surface area contributed by atoms with Crippen LogP contribution in [-0.2, 0) is 5.60 Å². The van der Waals surface area contributed by atoms with Crippen molar-refractivity contribution in [1.29, 1.82) is 0 Å². The number of hydrogen-bond acceptors (Lipinski definition) is 6. The zero-order chi connectivity index (χ0) is 21.5. The summed E-state index contributed by atoms with van der Waals surface area (Å²) in [6.45, 7) is 1.41. The van der Waals surface area contributed by atoms with Crippen LogP contribution in [0.4, 0.5) is 19.0 Å². The van der Waals surface area contributed by atoms with Crippen molar-refractivity contribution >= 4 is 39.1 Å². The predicted molar refractivity (Wildman–Crippen MR) is 113 cm³/mol. The van der Waals surface area contributed by atoms with Crippen LogP contribution in [0, 0.1) is 6.92 Å². The van der Waals surface area contributed by atoms with Crippen LogP contribution in [0.1, 0.15) is 11.3 Å². The topological polar surface area (TPSA) is 77.0 Å². The average molecular weight is 451 g/mol. The molecule has 2 aromatic carbocycles. The number of alkyl halides is 3. The van der Waals surface area contributed by atoms with Gasteiger partial charge in [0.2, 0.25) is 5.60 Å². The van der Waals surface area contributed by atoms with Crippen LogP contribution in [0.2, 0.25) is 0 Å². The molecule has 10 heteroatoms. The lowest BCUT2D eigenvalue weighted by molar-refractivity contribution is -0.256. The van der Waals surface area contributed by atoms with Gasteiger partial charge in [-0.25, -0.2) is 9.67 Å². The molecule has 0 radical (unpaired) electrons. The van der Waals surface area contributed by atoms with Gasteiger partial charge in [0.05, 0.1) is 27.2 Å². The minimum Gasteiger partial charge on any atom is -0.383 e. The standard InChI is InChI=1S/C20H17F3N4OS2/c1-12-16(17(24)27(26-12)13-7-3-2-4-8-13)19(28,20(21,22)23)11-29-18-25-14-9-5-6-10-15(14)30-18/h2-10,28H,11,24H2,1H3/t19-/m0/s1. The van der Waals surface area contributed by atoms with Crippen LogP contribution in [0.15, 0.2) is 58.9 Å². The van der Waals surface area contributed by atoms with Crippen LogP contribution in [0.3, 0.4) is 0 Å². The molecule has 0 saturated heterocycles. The Bertz CT molecular complexity index is 1160. The van der Waals surface area contributed by atoms with Crippen molar-refractivity contribution in [2.45, 2.75) is 23.0 Å². The van der Waals surface area contributed by atoms with Crippen LogP contribution in [0.5, 0.6) is 0 Å². The van der Waals surface area contributed by atoms with Crippen molar-refractivity contribution in [2.75, 3.05) is 11.5 Å². The number of hydrogen-bond donors (Lipinski definition) is 2. The number of rotatable bonds is 5. The Labute approximate surface area is 178 Å². The van der Waals surface area contributed by atoms with Crippen LogP contribution < -0.4 is 5.73 Å². The molecule has 2 heterocycles. The lowest BCUT2D eigenvalue weighted by Gasteiger charge is -2.30. The highest BCUT2D eigenvalue weighted by molar-refractivity contribution is 8.01. The number of thiazole rings is 1. The average Bonchev–Trinajstić information content (AvgIpc) is 3.26. The second kappa shape index (κ2) is 7.60. The summed E-state index contributed by atoms with van der Waals surface area (Å²) in [5, 5.41) is 15.0. The van der Waals surface area contributed by atoms with Crippen LogP contribution in [-0.4, -0.2) is 31.8 Å². The number of aliphatic hydroxyl groups is 1. The summed E-state index contributed by atoms with van der Waals surface area (Å²) in [4.78, 5) is 4.34. The smallest absolute Gasteiger partial charge is 0.383 e. The van der Waals surface area contributed by atoms with Gasteiger partial charge in [-0.05, 0) is 31.2 Å². The van der Waals surface area contributed by atoms with E-state index in [2.05, 4.69) is 10.1 Å². The number of aromatic nitrogens is 3. The first-order chi connectivity index (χ1) is 14.2. The Kier molecular flexibility index (Phi) is 5.25. The summed E-state index contributed by atoms with van der Waals surface area (Å²) < 4.78 is 44.8. The zero-order valence-electron chi connectivity index (χ0n) is 15.7. The summed E-state index contributed by atoms with van der Waals surface area (Å²) in [7, 11) is 0. The third-order valence-electron chi connectivity index (χ3n) is 4.66. The van der Waals surface area contributed by atoms with Gasteiger partial charge in [-0.15, -0.1) is 11.3 Å². The maximum Gasteiger partial charge on any atom is 0.422 e. The highest BCUT2D eigenvalue weighted by Crippen LogP contribution is 2.46. The summed E-state index contributed by atoms with van der Waals surface area (Å²) >= 11 is 2.12. The molecular formula is C20H17F3N4OS2. The van der Waals surface area contributed by atoms with Gasteiger partial charge < -0.3 is 10.8 Å². The Balaban J connectivity index is 1.73. The summed E-state index contributed by atoms with van der Waals surface area (Å²) in [6, 6.07) is 15.9. The van der Waals surface area contributed by atoms with E-state index in [1.807, 2.05) is 18.2 Å². The number of nitrogens with two attached hydrogens (primary N) is 1. The molecular weight excluding hydrogens is 433 g/mol. The van der Waals surface area contributed by atoms with Gasteiger partial charge in [0.1, 0.15) is 5.82 Å². The van der Waals surface area contributed by atoms with E-state index in [4.69, 9.17) is 5.73 Å². The maximum atomic E-state index is 14.1. The molecule has 4 rings (SSSR count). The van der Waals surface area contributed by atoms with E-state index in [1.165, 1.54) is 22.9 Å². The number of nitrogen functional groups attached to an aromatic ring is 1. The molecule has 0 aliphatic heterocycles. The number of benzene rings is 2. The fourth-order valence-electron chi connectivity index (χ4n) is 3.20. The fourth-order valence-corrected chi connectivity index (χ4v) is 5.38. The Morgan fingerprint density at radius 3 is 2.43 bits per heavy atom. The van der Waals surface area contributed by atoms with E-state index in [-0.39, 0.29) is 11.5 Å². The third-order valence-corrected chi connectivity index (χ3v) is 6.99. The quantitative estimate of drug-likeness (QED) is 0.422. The van der Waals surface area contributed by atoms with Crippen molar-refractivity contribution in [2.24, 2.45) is 0 Å². The van der Waals surface area contributed by atoms with Gasteiger partial charge in [-0.2, -0.15) is 18.3 Å². The highest BCUT2D eigenvalue weighted by atomic mass is 32.2. The van der Waals surface area contributed by atoms with E-state index in [9.17, 15) is 18.3 Å². The molecule has 2 aromatic heterocycles. The number of thioether (sulfide) groups is 1. The molecule has 30 heavy (non-hydrogen) atoms. The number of anilines is 1. The molecule has 156 valence electrons. The van der Waals surface area contributed by atoms with Gasteiger partial charge in [0, 0.05) is 5.75 Å². The van der Waals surface area contributed by atoms with Crippen molar-refractivity contribution in [3.63, 3.8) is 0 Å². The van der Waals surface area contributed by atoms with Gasteiger partial charge in [0.25, 0.3) is 0 Å². The SMILES string of the molecule is Cc1nn(-c2ccccc2)c(N)c1[C@@](O)(CSc1nc2ccccc2s1)C(F)(F)F. The molecule has 0 amide bonds. The zero-order valence-corrected chi connectivity index (χ0v) is 17.4. The monoisotopic (exact) mass is 450 g/mol. The molecule has 0 bridgehead atoms. The first-order valence-corrected chi connectivity index (χ1v) is 10.7. The van der Waals surface area contributed by atoms with Gasteiger partial charge >= 0.3 is 6.18 Å². The van der Waals surface area contributed by atoms with Crippen molar-refractivity contribution < 1.29 is 18.3 Å². The number of nitrogens with zero attached hydrogens (tertiary/aromatic N) is 3. The first-order valence-electron chi connectivity index (χ1n) is 8.89. The minimum atomic E-state index is -4.96. The second-order valence-electron chi connectivity index (χ2n) is 6.69. The molecule has 3 N–H and O–H groups in total. The number of para-hydroxylation sites is 2. The lowest BCUT2D eigenvalue weighted by atomic mass is 9.95. The van der Waals surface area contributed by atoms with Gasteiger partial charge in [-0.1, -0.05) is 42.1 Å². The normalized spacial score (nSPS) is 14.2. The molecule has 0 unspecified atom stereocenters. The Morgan fingerprint density at radius 2 is 1.77 bits per heavy atom. The van der Waals surface area contributed by atoms with Crippen LogP contribution >= 0.6 is 23.1 Å². The molecule has 0 spiro atoms. The molecule has 0 saturated carbocycles. The number of aryl methyl sites for hydroxylation is 1.